The molecule has 0 bridgehead atoms. The van der Waals surface area contributed by atoms with Gasteiger partial charge in [0.1, 0.15) is 5.69 Å². The molecule has 4 heterocycles. The highest BCUT2D eigenvalue weighted by Crippen LogP contribution is 2.18. The average Bonchev–Trinajstić information content (AvgIpc) is 3.15. The van der Waals surface area contributed by atoms with Gasteiger partial charge in [-0.15, -0.1) is 5.10 Å². The standard InChI is InChI=1S/C16H23N5O2/c1-3-20(10-14-2-7-23-13-14)12-16-15(17-18-21(16)4-1)11-19-5-8-22-9-6-19/h2,7,13H,1,3-6,8-12H2. The monoisotopic (exact) mass is 317 g/mol. The molecule has 0 N–H and O–H groups in total. The van der Waals surface area contributed by atoms with Crippen molar-refractivity contribution in [3.05, 3.63) is 35.5 Å². The zero-order chi connectivity index (χ0) is 15.5. The summed E-state index contributed by atoms with van der Waals surface area (Å²) in [4.78, 5) is 4.86. The van der Waals surface area contributed by atoms with Crippen LogP contribution in [0.25, 0.3) is 0 Å². The molecule has 0 aromatic carbocycles. The molecule has 0 spiro atoms. The second kappa shape index (κ2) is 6.82. The third kappa shape index (κ3) is 3.46. The minimum absolute atomic E-state index is 0.816. The maximum Gasteiger partial charge on any atom is 0.101 e. The van der Waals surface area contributed by atoms with E-state index in [1.807, 2.05) is 12.3 Å². The van der Waals surface area contributed by atoms with E-state index in [1.54, 1.807) is 6.26 Å². The summed E-state index contributed by atoms with van der Waals surface area (Å²) in [6.45, 7) is 8.30. The molecule has 2 aliphatic rings. The summed E-state index contributed by atoms with van der Waals surface area (Å²) >= 11 is 0. The molecule has 2 aromatic heterocycles. The van der Waals surface area contributed by atoms with Crippen molar-refractivity contribution in [2.45, 2.75) is 32.6 Å². The fourth-order valence-corrected chi connectivity index (χ4v) is 3.33. The number of aryl methyl sites for hydroxylation is 1. The van der Waals surface area contributed by atoms with Crippen LogP contribution < -0.4 is 0 Å². The van der Waals surface area contributed by atoms with Crippen LogP contribution in [0.2, 0.25) is 0 Å². The number of fused-ring (bicyclic) bond motifs is 1. The van der Waals surface area contributed by atoms with Crippen LogP contribution in [0.4, 0.5) is 0 Å². The summed E-state index contributed by atoms with van der Waals surface area (Å²) in [7, 11) is 0. The largest absolute Gasteiger partial charge is 0.472 e. The lowest BCUT2D eigenvalue weighted by Gasteiger charge is -2.26. The third-order valence-corrected chi connectivity index (χ3v) is 4.60. The first-order chi connectivity index (χ1) is 11.4. The van der Waals surface area contributed by atoms with Crippen molar-refractivity contribution in [2.75, 3.05) is 32.8 Å². The van der Waals surface area contributed by atoms with Gasteiger partial charge in [-0.2, -0.15) is 0 Å². The Kier molecular flexibility index (Phi) is 4.41. The SMILES string of the molecule is c1cc(CN2CCCn3nnc(CN4CCOCC4)c3C2)co1. The number of furan rings is 1. The van der Waals surface area contributed by atoms with Crippen molar-refractivity contribution in [3.8, 4) is 0 Å². The van der Waals surface area contributed by atoms with Gasteiger partial charge < -0.3 is 9.15 Å². The smallest absolute Gasteiger partial charge is 0.101 e. The zero-order valence-corrected chi connectivity index (χ0v) is 13.4. The summed E-state index contributed by atoms with van der Waals surface area (Å²) in [5.41, 5.74) is 3.60. The highest BCUT2D eigenvalue weighted by atomic mass is 16.5. The van der Waals surface area contributed by atoms with E-state index in [0.29, 0.717) is 0 Å². The van der Waals surface area contributed by atoms with Crippen molar-refractivity contribution >= 4 is 0 Å². The van der Waals surface area contributed by atoms with Gasteiger partial charge in [0.15, 0.2) is 0 Å². The van der Waals surface area contributed by atoms with Gasteiger partial charge in [0.2, 0.25) is 0 Å². The van der Waals surface area contributed by atoms with Crippen LogP contribution in [0.1, 0.15) is 23.4 Å². The van der Waals surface area contributed by atoms with Gasteiger partial charge in [0, 0.05) is 51.4 Å². The number of rotatable bonds is 4. The molecule has 0 unspecified atom stereocenters. The summed E-state index contributed by atoms with van der Waals surface area (Å²) in [6, 6.07) is 2.04. The topological polar surface area (TPSA) is 59.6 Å². The van der Waals surface area contributed by atoms with Crippen LogP contribution in [-0.2, 0) is 30.9 Å². The van der Waals surface area contributed by atoms with Crippen molar-refractivity contribution in [1.82, 2.24) is 24.8 Å². The molecule has 7 heteroatoms. The van der Waals surface area contributed by atoms with Gasteiger partial charge in [-0.3, -0.25) is 9.80 Å². The summed E-state index contributed by atoms with van der Waals surface area (Å²) in [6.07, 6.45) is 4.67. The predicted molar refractivity (Wildman–Crippen MR) is 83.6 cm³/mol. The Bertz CT molecular complexity index is 618. The number of hydrogen-bond acceptors (Lipinski definition) is 6. The van der Waals surface area contributed by atoms with Gasteiger partial charge in [-0.05, 0) is 12.5 Å². The minimum Gasteiger partial charge on any atom is -0.472 e. The first kappa shape index (κ1) is 14.9. The van der Waals surface area contributed by atoms with E-state index < -0.39 is 0 Å². The predicted octanol–water partition coefficient (Wildman–Crippen LogP) is 1.11. The fraction of sp³-hybridized carbons (Fsp3) is 0.625. The zero-order valence-electron chi connectivity index (χ0n) is 13.4. The molecule has 2 aliphatic heterocycles. The van der Waals surface area contributed by atoms with E-state index in [0.717, 1.165) is 71.1 Å². The third-order valence-electron chi connectivity index (χ3n) is 4.60. The molecule has 4 rings (SSSR count). The molecule has 0 amide bonds. The van der Waals surface area contributed by atoms with Crippen molar-refractivity contribution < 1.29 is 9.15 Å². The van der Waals surface area contributed by atoms with Crippen LogP contribution in [0.15, 0.2) is 23.0 Å². The molecule has 0 radical (unpaired) electrons. The van der Waals surface area contributed by atoms with Crippen molar-refractivity contribution in [3.63, 3.8) is 0 Å². The molecule has 124 valence electrons. The maximum atomic E-state index is 5.43. The quantitative estimate of drug-likeness (QED) is 0.842. The minimum atomic E-state index is 0.816. The number of morpholine rings is 1. The maximum absolute atomic E-state index is 5.43. The van der Waals surface area contributed by atoms with Crippen molar-refractivity contribution in [2.24, 2.45) is 0 Å². The van der Waals surface area contributed by atoms with E-state index in [2.05, 4.69) is 24.8 Å². The Balaban J connectivity index is 1.47. The van der Waals surface area contributed by atoms with Crippen LogP contribution >= 0.6 is 0 Å². The van der Waals surface area contributed by atoms with Crippen LogP contribution in [0.3, 0.4) is 0 Å². The Morgan fingerprint density at radius 1 is 1.04 bits per heavy atom. The molecule has 7 nitrogen and oxygen atoms in total. The van der Waals surface area contributed by atoms with E-state index in [4.69, 9.17) is 9.15 Å². The lowest BCUT2D eigenvalue weighted by molar-refractivity contribution is 0.0334. The number of nitrogens with zero attached hydrogens (tertiary/aromatic N) is 5. The summed E-state index contributed by atoms with van der Waals surface area (Å²) in [5.74, 6) is 0. The molecule has 0 saturated carbocycles. The van der Waals surface area contributed by atoms with Gasteiger partial charge in [-0.25, -0.2) is 4.68 Å². The van der Waals surface area contributed by atoms with E-state index in [9.17, 15) is 0 Å². The Labute approximate surface area is 135 Å². The highest BCUT2D eigenvalue weighted by Gasteiger charge is 2.22. The van der Waals surface area contributed by atoms with Gasteiger partial charge >= 0.3 is 0 Å². The summed E-state index contributed by atoms with van der Waals surface area (Å²) < 4.78 is 12.7. The lowest BCUT2D eigenvalue weighted by Crippen LogP contribution is -2.36. The molecule has 0 aliphatic carbocycles. The van der Waals surface area contributed by atoms with E-state index >= 15 is 0 Å². The van der Waals surface area contributed by atoms with E-state index in [1.165, 1.54) is 11.3 Å². The number of aromatic nitrogens is 3. The van der Waals surface area contributed by atoms with E-state index in [-0.39, 0.29) is 0 Å². The molecule has 1 fully saturated rings. The number of hydrogen-bond donors (Lipinski definition) is 0. The first-order valence-electron chi connectivity index (χ1n) is 8.33. The Hall–Kier alpha value is -1.70. The molecule has 23 heavy (non-hydrogen) atoms. The van der Waals surface area contributed by atoms with Gasteiger partial charge in [-0.1, -0.05) is 5.21 Å². The fourth-order valence-electron chi connectivity index (χ4n) is 3.33. The molecule has 1 saturated heterocycles. The molecular weight excluding hydrogens is 294 g/mol. The van der Waals surface area contributed by atoms with Crippen molar-refractivity contribution in [1.29, 1.82) is 0 Å². The second-order valence-corrected chi connectivity index (χ2v) is 6.29. The average molecular weight is 317 g/mol. The lowest BCUT2D eigenvalue weighted by atomic mass is 10.2. The highest BCUT2D eigenvalue weighted by molar-refractivity contribution is 5.12. The van der Waals surface area contributed by atoms with Crippen LogP contribution in [0.5, 0.6) is 0 Å². The molecule has 0 atom stereocenters. The Morgan fingerprint density at radius 2 is 1.96 bits per heavy atom. The van der Waals surface area contributed by atoms with Gasteiger partial charge in [0.05, 0.1) is 31.4 Å². The molecular formula is C16H23N5O2. The molecule has 2 aromatic rings. The van der Waals surface area contributed by atoms with Crippen LogP contribution in [-0.4, -0.2) is 57.6 Å². The van der Waals surface area contributed by atoms with Gasteiger partial charge in [0.25, 0.3) is 0 Å². The summed E-state index contributed by atoms with van der Waals surface area (Å²) in [5, 5.41) is 8.83. The first-order valence-corrected chi connectivity index (χ1v) is 8.33. The number of ether oxygens (including phenoxy) is 1. The van der Waals surface area contributed by atoms with Crippen LogP contribution in [0, 0.1) is 0 Å². The normalized spacial score (nSPS) is 20.3. The Morgan fingerprint density at radius 3 is 2.78 bits per heavy atom. The second-order valence-electron chi connectivity index (χ2n) is 6.29.